The van der Waals surface area contributed by atoms with Crippen molar-refractivity contribution in [3.05, 3.63) is 47.5 Å². The number of rotatable bonds is 7. The molecular formula is C19H31N5. The van der Waals surface area contributed by atoms with E-state index < -0.39 is 0 Å². The van der Waals surface area contributed by atoms with E-state index in [0.29, 0.717) is 19.0 Å². The average Bonchev–Trinajstić information content (AvgIpc) is 2.60. The molecule has 1 aliphatic rings. The van der Waals surface area contributed by atoms with E-state index >= 15 is 0 Å². The van der Waals surface area contributed by atoms with E-state index in [1.165, 1.54) is 11.1 Å². The summed E-state index contributed by atoms with van der Waals surface area (Å²) in [5.74, 6) is 0.476. The summed E-state index contributed by atoms with van der Waals surface area (Å²) in [6, 6.07) is 8.52. The molecule has 1 fully saturated rings. The summed E-state index contributed by atoms with van der Waals surface area (Å²) >= 11 is 0. The van der Waals surface area contributed by atoms with Gasteiger partial charge in [0.2, 0.25) is 0 Å². The fourth-order valence-electron chi connectivity index (χ4n) is 2.84. The van der Waals surface area contributed by atoms with Crippen LogP contribution in [0.2, 0.25) is 0 Å². The van der Waals surface area contributed by atoms with Gasteiger partial charge >= 0.3 is 0 Å². The predicted octanol–water partition coefficient (Wildman–Crippen LogP) is 1.80. The first-order chi connectivity index (χ1) is 11.6. The van der Waals surface area contributed by atoms with Gasteiger partial charge in [-0.15, -0.1) is 0 Å². The van der Waals surface area contributed by atoms with Crippen molar-refractivity contribution in [2.75, 3.05) is 39.3 Å². The summed E-state index contributed by atoms with van der Waals surface area (Å²) in [5.41, 5.74) is 9.55. The fourth-order valence-corrected chi connectivity index (χ4v) is 2.84. The molecule has 1 aromatic carbocycles. The van der Waals surface area contributed by atoms with Gasteiger partial charge in [0.05, 0.1) is 6.54 Å². The number of piperazine rings is 1. The van der Waals surface area contributed by atoms with Crippen LogP contribution in [0.15, 0.2) is 41.4 Å². The SMILES string of the molecule is C=C(C)CNC(N)=NCc1ccccc1CN1CCN(CC)CC1. The molecule has 0 radical (unpaired) electrons. The van der Waals surface area contributed by atoms with Crippen LogP contribution in [0.3, 0.4) is 0 Å². The Bertz CT molecular complexity index is 559. The van der Waals surface area contributed by atoms with Gasteiger partial charge in [0.15, 0.2) is 5.96 Å². The lowest BCUT2D eigenvalue weighted by Crippen LogP contribution is -2.45. The lowest BCUT2D eigenvalue weighted by atomic mass is 10.1. The van der Waals surface area contributed by atoms with Crippen molar-refractivity contribution in [3.8, 4) is 0 Å². The Labute approximate surface area is 146 Å². The molecule has 5 heteroatoms. The van der Waals surface area contributed by atoms with Crippen LogP contribution in [0.4, 0.5) is 0 Å². The van der Waals surface area contributed by atoms with E-state index in [0.717, 1.165) is 44.8 Å². The van der Waals surface area contributed by atoms with Gasteiger partial charge in [-0.25, -0.2) is 4.99 Å². The highest BCUT2D eigenvalue weighted by Crippen LogP contribution is 2.14. The smallest absolute Gasteiger partial charge is 0.189 e. The van der Waals surface area contributed by atoms with Gasteiger partial charge in [-0.3, -0.25) is 4.90 Å². The van der Waals surface area contributed by atoms with Gasteiger partial charge < -0.3 is 16.0 Å². The monoisotopic (exact) mass is 329 g/mol. The third-order valence-corrected chi connectivity index (χ3v) is 4.42. The standard InChI is InChI=1S/C19H31N5/c1-4-23-9-11-24(12-10-23)15-18-8-6-5-7-17(18)14-22-19(20)21-13-16(2)3/h5-8H,2,4,9-15H2,1,3H3,(H3,20,21,22). The van der Waals surface area contributed by atoms with Crippen LogP contribution in [0.1, 0.15) is 25.0 Å². The Morgan fingerprint density at radius 2 is 1.79 bits per heavy atom. The van der Waals surface area contributed by atoms with Crippen molar-refractivity contribution < 1.29 is 0 Å². The molecule has 0 saturated carbocycles. The number of nitrogens with one attached hydrogen (secondary N) is 1. The van der Waals surface area contributed by atoms with E-state index in [2.05, 4.69) is 57.9 Å². The van der Waals surface area contributed by atoms with Crippen molar-refractivity contribution >= 4 is 5.96 Å². The van der Waals surface area contributed by atoms with Crippen LogP contribution in [0.25, 0.3) is 0 Å². The van der Waals surface area contributed by atoms with Gasteiger partial charge in [0.1, 0.15) is 0 Å². The Hall–Kier alpha value is -1.85. The largest absolute Gasteiger partial charge is 0.370 e. The minimum Gasteiger partial charge on any atom is -0.370 e. The number of aliphatic imine (C=N–C) groups is 1. The first-order valence-electron chi connectivity index (χ1n) is 8.78. The number of likely N-dealkylation sites (N-methyl/N-ethyl adjacent to an activating group) is 1. The number of benzene rings is 1. The van der Waals surface area contributed by atoms with E-state index in [4.69, 9.17) is 5.73 Å². The molecule has 5 nitrogen and oxygen atoms in total. The van der Waals surface area contributed by atoms with Gasteiger partial charge in [-0.05, 0) is 24.6 Å². The summed E-state index contributed by atoms with van der Waals surface area (Å²) in [6.45, 7) is 16.1. The second-order valence-electron chi connectivity index (χ2n) is 6.49. The maximum absolute atomic E-state index is 5.92. The highest BCUT2D eigenvalue weighted by atomic mass is 15.3. The Morgan fingerprint density at radius 3 is 2.42 bits per heavy atom. The van der Waals surface area contributed by atoms with Crippen LogP contribution < -0.4 is 11.1 Å². The van der Waals surface area contributed by atoms with E-state index in [1.54, 1.807) is 0 Å². The molecule has 3 N–H and O–H groups in total. The molecule has 1 aliphatic heterocycles. The fraction of sp³-hybridized carbons (Fsp3) is 0.526. The zero-order valence-corrected chi connectivity index (χ0v) is 15.1. The van der Waals surface area contributed by atoms with Crippen molar-refractivity contribution in [1.29, 1.82) is 0 Å². The molecule has 0 aliphatic carbocycles. The van der Waals surface area contributed by atoms with Gasteiger partial charge in [-0.1, -0.05) is 43.3 Å². The van der Waals surface area contributed by atoms with Gasteiger partial charge in [0.25, 0.3) is 0 Å². The molecule has 1 saturated heterocycles. The molecule has 2 rings (SSSR count). The Morgan fingerprint density at radius 1 is 1.17 bits per heavy atom. The zero-order chi connectivity index (χ0) is 17.4. The van der Waals surface area contributed by atoms with Crippen molar-refractivity contribution in [3.63, 3.8) is 0 Å². The highest BCUT2D eigenvalue weighted by Gasteiger charge is 2.16. The topological polar surface area (TPSA) is 56.9 Å². The highest BCUT2D eigenvalue weighted by molar-refractivity contribution is 5.78. The number of hydrogen-bond donors (Lipinski definition) is 2. The average molecular weight is 329 g/mol. The maximum Gasteiger partial charge on any atom is 0.189 e. The van der Waals surface area contributed by atoms with Crippen LogP contribution >= 0.6 is 0 Å². The summed E-state index contributed by atoms with van der Waals surface area (Å²) in [4.78, 5) is 9.49. The molecule has 0 atom stereocenters. The quantitative estimate of drug-likeness (QED) is 0.455. The minimum absolute atomic E-state index is 0.476. The van der Waals surface area contributed by atoms with Crippen molar-refractivity contribution in [2.45, 2.75) is 26.9 Å². The molecule has 0 aromatic heterocycles. The van der Waals surface area contributed by atoms with Crippen LogP contribution in [-0.4, -0.2) is 55.0 Å². The summed E-state index contributed by atoms with van der Waals surface area (Å²) in [5, 5.41) is 3.08. The Kier molecular flexibility index (Phi) is 7.28. The zero-order valence-electron chi connectivity index (χ0n) is 15.1. The minimum atomic E-state index is 0.476. The molecular weight excluding hydrogens is 298 g/mol. The second-order valence-corrected chi connectivity index (χ2v) is 6.49. The van der Waals surface area contributed by atoms with E-state index in [1.807, 2.05) is 6.92 Å². The third kappa shape index (κ3) is 5.98. The number of guanidine groups is 1. The number of nitrogens with zero attached hydrogens (tertiary/aromatic N) is 3. The summed E-state index contributed by atoms with van der Waals surface area (Å²) < 4.78 is 0. The lowest BCUT2D eigenvalue weighted by Gasteiger charge is -2.34. The molecule has 1 aromatic rings. The van der Waals surface area contributed by atoms with Gasteiger partial charge in [-0.2, -0.15) is 0 Å². The third-order valence-electron chi connectivity index (χ3n) is 4.42. The first kappa shape index (κ1) is 18.5. The number of nitrogens with two attached hydrogens (primary N) is 1. The van der Waals surface area contributed by atoms with E-state index in [9.17, 15) is 0 Å². The van der Waals surface area contributed by atoms with E-state index in [-0.39, 0.29) is 0 Å². The van der Waals surface area contributed by atoms with Crippen LogP contribution in [0.5, 0.6) is 0 Å². The first-order valence-corrected chi connectivity index (χ1v) is 8.78. The molecule has 0 amide bonds. The summed E-state index contributed by atoms with van der Waals surface area (Å²) in [6.07, 6.45) is 0. The van der Waals surface area contributed by atoms with Gasteiger partial charge in [0, 0.05) is 39.3 Å². The molecule has 1 heterocycles. The van der Waals surface area contributed by atoms with Crippen molar-refractivity contribution in [2.24, 2.45) is 10.7 Å². The van der Waals surface area contributed by atoms with Crippen molar-refractivity contribution in [1.82, 2.24) is 15.1 Å². The number of hydrogen-bond acceptors (Lipinski definition) is 3. The predicted molar refractivity (Wildman–Crippen MR) is 102 cm³/mol. The van der Waals surface area contributed by atoms with Crippen LogP contribution in [-0.2, 0) is 13.1 Å². The molecule has 0 spiro atoms. The lowest BCUT2D eigenvalue weighted by molar-refractivity contribution is 0.131. The van der Waals surface area contributed by atoms with Crippen LogP contribution in [0, 0.1) is 0 Å². The normalized spacial score (nSPS) is 17.0. The molecule has 0 bridgehead atoms. The molecule has 132 valence electrons. The maximum atomic E-state index is 5.92. The molecule has 24 heavy (non-hydrogen) atoms. The second kappa shape index (κ2) is 9.45. The molecule has 0 unspecified atom stereocenters. The Balaban J connectivity index is 1.92. The summed E-state index contributed by atoms with van der Waals surface area (Å²) in [7, 11) is 0.